The molecule has 0 amide bonds. The quantitative estimate of drug-likeness (QED) is 0.258. The molecule has 1 saturated heterocycles. The summed E-state index contributed by atoms with van der Waals surface area (Å²) in [6, 6.07) is 10.7. The van der Waals surface area contributed by atoms with Gasteiger partial charge in [-0.1, -0.05) is 24.6 Å². The van der Waals surface area contributed by atoms with Crippen LogP contribution < -0.4 is 21.9 Å². The van der Waals surface area contributed by atoms with Crippen LogP contribution in [-0.4, -0.2) is 55.3 Å². The first kappa shape index (κ1) is 21.8. The second-order valence-corrected chi connectivity index (χ2v) is 7.19. The van der Waals surface area contributed by atoms with Crippen molar-refractivity contribution in [1.82, 2.24) is 10.3 Å². The average Bonchev–Trinajstić information content (AvgIpc) is 2.71. The third-order valence-corrected chi connectivity index (χ3v) is 5.08. The van der Waals surface area contributed by atoms with Crippen LogP contribution in [0.2, 0.25) is 0 Å². The van der Waals surface area contributed by atoms with E-state index < -0.39 is 5.97 Å². The monoisotopic (exact) mass is 391 g/mol. The first-order chi connectivity index (χ1) is 13.5. The standard InChI is InChI=1S/C11H16N2.C9H17N3O3/c1-12-7-9-13(10-8-12)11-5-3-2-4-6-11;10-8(7(12-11)9(13)14)15-6-4-2-1-3-5-6/h2-6H,7-10H2,1H3;6,12H,1-5,10-11H2,(H,13,14)/b;8-7+. The van der Waals surface area contributed by atoms with Gasteiger partial charge in [-0.15, -0.1) is 0 Å². The molecule has 1 heterocycles. The van der Waals surface area contributed by atoms with Crippen LogP contribution in [0.25, 0.3) is 0 Å². The molecule has 0 atom stereocenters. The average molecular weight is 392 g/mol. The Morgan fingerprint density at radius 1 is 1.11 bits per heavy atom. The molecule has 8 heteroatoms. The number of rotatable bonds is 5. The van der Waals surface area contributed by atoms with Gasteiger partial charge in [0.25, 0.3) is 0 Å². The number of hydrogen-bond donors (Lipinski definition) is 4. The van der Waals surface area contributed by atoms with Crippen LogP contribution in [0.4, 0.5) is 5.69 Å². The first-order valence-electron chi connectivity index (χ1n) is 9.86. The Hall–Kier alpha value is -2.45. The number of anilines is 1. The Bertz CT molecular complexity index is 624. The molecule has 0 radical (unpaired) electrons. The summed E-state index contributed by atoms with van der Waals surface area (Å²) in [4.78, 5) is 15.5. The molecular weight excluding hydrogens is 358 g/mol. The second-order valence-electron chi connectivity index (χ2n) is 7.19. The Labute approximate surface area is 167 Å². The third kappa shape index (κ3) is 6.94. The smallest absolute Gasteiger partial charge is 0.358 e. The first-order valence-corrected chi connectivity index (χ1v) is 9.86. The van der Waals surface area contributed by atoms with E-state index in [4.69, 9.17) is 21.4 Å². The van der Waals surface area contributed by atoms with Gasteiger partial charge in [0.15, 0.2) is 5.70 Å². The van der Waals surface area contributed by atoms with Crippen molar-refractivity contribution in [2.24, 2.45) is 11.6 Å². The number of carbonyl (C=O) groups is 1. The highest BCUT2D eigenvalue weighted by Crippen LogP contribution is 2.21. The molecule has 0 aromatic heterocycles. The zero-order valence-electron chi connectivity index (χ0n) is 16.6. The summed E-state index contributed by atoms with van der Waals surface area (Å²) < 4.78 is 5.34. The Morgan fingerprint density at radius 2 is 1.71 bits per heavy atom. The normalized spacial score (nSPS) is 19.1. The number of para-hydroxylation sites is 1. The maximum atomic E-state index is 10.7. The number of benzene rings is 1. The van der Waals surface area contributed by atoms with E-state index >= 15 is 0 Å². The highest BCUT2D eigenvalue weighted by Gasteiger charge is 2.19. The number of hydrogen-bond acceptors (Lipinski definition) is 7. The zero-order valence-corrected chi connectivity index (χ0v) is 16.6. The van der Waals surface area contributed by atoms with E-state index in [9.17, 15) is 4.79 Å². The van der Waals surface area contributed by atoms with Crippen LogP contribution in [-0.2, 0) is 9.53 Å². The molecule has 3 rings (SSSR count). The van der Waals surface area contributed by atoms with Crippen molar-refractivity contribution in [3.8, 4) is 0 Å². The molecular formula is C20H33N5O3. The fourth-order valence-corrected chi connectivity index (χ4v) is 3.36. The second kappa shape index (κ2) is 11.4. The van der Waals surface area contributed by atoms with Crippen molar-refractivity contribution >= 4 is 11.7 Å². The SMILES string of the molecule is CN1CCN(c2ccccc2)CC1.NN/C(C(=O)O)=C(\N)OC1CCCCC1. The minimum Gasteiger partial charge on any atom is -0.476 e. The molecule has 0 unspecified atom stereocenters. The van der Waals surface area contributed by atoms with E-state index in [1.165, 1.54) is 25.2 Å². The molecule has 0 spiro atoms. The van der Waals surface area contributed by atoms with E-state index in [1.807, 2.05) is 5.43 Å². The zero-order chi connectivity index (χ0) is 20.4. The van der Waals surface area contributed by atoms with E-state index in [0.717, 1.165) is 38.8 Å². The topological polar surface area (TPSA) is 117 Å². The van der Waals surface area contributed by atoms with Gasteiger partial charge in [0.2, 0.25) is 5.88 Å². The van der Waals surface area contributed by atoms with Gasteiger partial charge >= 0.3 is 5.97 Å². The van der Waals surface area contributed by atoms with Gasteiger partial charge in [0.05, 0.1) is 0 Å². The number of nitrogens with one attached hydrogen (secondary N) is 1. The molecule has 6 N–H and O–H groups in total. The summed E-state index contributed by atoms with van der Waals surface area (Å²) in [5.74, 6) is 3.67. The fourth-order valence-electron chi connectivity index (χ4n) is 3.36. The summed E-state index contributed by atoms with van der Waals surface area (Å²) in [6.07, 6.45) is 5.23. The van der Waals surface area contributed by atoms with Gasteiger partial charge in [-0.25, -0.2) is 4.79 Å². The summed E-state index contributed by atoms with van der Waals surface area (Å²) in [5.41, 5.74) is 8.58. The number of aliphatic carboxylic acids is 1. The third-order valence-electron chi connectivity index (χ3n) is 5.08. The number of ether oxygens (including phenoxy) is 1. The number of nitrogens with two attached hydrogens (primary N) is 2. The maximum Gasteiger partial charge on any atom is 0.358 e. The molecule has 1 aromatic rings. The summed E-state index contributed by atoms with van der Waals surface area (Å²) in [6.45, 7) is 4.66. The fraction of sp³-hybridized carbons (Fsp3) is 0.550. The van der Waals surface area contributed by atoms with Gasteiger partial charge in [-0.2, -0.15) is 0 Å². The van der Waals surface area contributed by atoms with Crippen molar-refractivity contribution in [3.63, 3.8) is 0 Å². The van der Waals surface area contributed by atoms with Crippen molar-refractivity contribution < 1.29 is 14.6 Å². The molecule has 2 fully saturated rings. The molecule has 0 bridgehead atoms. The predicted molar refractivity (Wildman–Crippen MR) is 110 cm³/mol. The van der Waals surface area contributed by atoms with Gasteiger partial charge < -0.3 is 30.8 Å². The van der Waals surface area contributed by atoms with Gasteiger partial charge in [-0.3, -0.25) is 5.84 Å². The van der Waals surface area contributed by atoms with E-state index in [2.05, 4.69) is 47.2 Å². The number of hydrazine groups is 1. The number of carboxylic acids is 1. The molecule has 1 saturated carbocycles. The number of likely N-dealkylation sites (N-methyl/N-ethyl adjacent to an activating group) is 1. The van der Waals surface area contributed by atoms with Crippen molar-refractivity contribution in [2.45, 2.75) is 38.2 Å². The van der Waals surface area contributed by atoms with Gasteiger partial charge in [0.1, 0.15) is 6.10 Å². The highest BCUT2D eigenvalue weighted by atomic mass is 16.5. The molecule has 1 aliphatic heterocycles. The Morgan fingerprint density at radius 3 is 2.25 bits per heavy atom. The lowest BCUT2D eigenvalue weighted by Gasteiger charge is -2.33. The number of carboxylic acid groups (broad SMARTS) is 1. The Balaban J connectivity index is 0.000000202. The van der Waals surface area contributed by atoms with Crippen LogP contribution in [0.15, 0.2) is 41.9 Å². The largest absolute Gasteiger partial charge is 0.476 e. The van der Waals surface area contributed by atoms with Crippen LogP contribution in [0.3, 0.4) is 0 Å². The lowest BCUT2D eigenvalue weighted by atomic mass is 9.98. The van der Waals surface area contributed by atoms with Crippen LogP contribution in [0.1, 0.15) is 32.1 Å². The molecule has 156 valence electrons. The summed E-state index contributed by atoms with van der Waals surface area (Å²) >= 11 is 0. The van der Waals surface area contributed by atoms with Crippen molar-refractivity contribution in [3.05, 3.63) is 41.9 Å². The maximum absolute atomic E-state index is 10.7. The predicted octanol–water partition coefficient (Wildman–Crippen LogP) is 1.45. The molecule has 1 aliphatic carbocycles. The minimum atomic E-state index is -1.22. The van der Waals surface area contributed by atoms with Gasteiger partial charge in [0, 0.05) is 31.9 Å². The van der Waals surface area contributed by atoms with Crippen molar-refractivity contribution in [2.75, 3.05) is 38.1 Å². The lowest BCUT2D eigenvalue weighted by Crippen LogP contribution is -2.44. The van der Waals surface area contributed by atoms with Crippen LogP contribution >= 0.6 is 0 Å². The molecule has 8 nitrogen and oxygen atoms in total. The lowest BCUT2D eigenvalue weighted by molar-refractivity contribution is -0.133. The van der Waals surface area contributed by atoms with Crippen molar-refractivity contribution in [1.29, 1.82) is 0 Å². The molecule has 2 aliphatic rings. The van der Waals surface area contributed by atoms with E-state index in [0.29, 0.717) is 0 Å². The summed E-state index contributed by atoms with van der Waals surface area (Å²) in [7, 11) is 2.18. The number of nitrogens with zero attached hydrogens (tertiary/aromatic N) is 2. The molecule has 28 heavy (non-hydrogen) atoms. The van der Waals surface area contributed by atoms with Gasteiger partial charge in [-0.05, 0) is 44.9 Å². The van der Waals surface area contributed by atoms with E-state index in [-0.39, 0.29) is 17.7 Å². The molecule has 1 aromatic carbocycles. The Kier molecular flexibility index (Phi) is 8.90. The number of piperazine rings is 1. The minimum absolute atomic E-state index is 0.0152. The van der Waals surface area contributed by atoms with Crippen LogP contribution in [0, 0.1) is 0 Å². The summed E-state index contributed by atoms with van der Waals surface area (Å²) in [5, 5.41) is 8.71. The highest BCUT2D eigenvalue weighted by molar-refractivity contribution is 5.86. The van der Waals surface area contributed by atoms with E-state index in [1.54, 1.807) is 0 Å². The van der Waals surface area contributed by atoms with Crippen LogP contribution in [0.5, 0.6) is 0 Å².